The molecule has 1 aromatic heterocycles. The standard InChI is InChI=1S/C39H44Cl2N4O5/c1-27-30(8-5-9-33(27)34-10-6-11-36(39(34)41)48-15-7-14-45-12-3-2-4-13-45)26-50-38-18-37(49-25-29-16-28(19-42)20-43-21-29)31(17-35(38)40)22-44-23-32(47)24-46/h5-6,8-11,16-18,20-21,32,44,46-47H,2-4,7,12-15,22-26H2,1H3. The average Bonchev–Trinajstić information content (AvgIpc) is 3.14. The van der Waals surface area contributed by atoms with Gasteiger partial charge in [-0.05, 0) is 74.2 Å². The van der Waals surface area contributed by atoms with E-state index < -0.39 is 6.10 Å². The molecule has 0 aliphatic carbocycles. The normalized spacial score (nSPS) is 13.8. The van der Waals surface area contributed by atoms with E-state index in [4.69, 9.17) is 37.4 Å². The lowest BCUT2D eigenvalue weighted by atomic mass is 9.96. The third kappa shape index (κ3) is 10.3. The molecular formula is C39H44Cl2N4O5. The zero-order chi connectivity index (χ0) is 35.3. The Hall–Kier alpha value is -3.88. The number of aliphatic hydroxyl groups excluding tert-OH is 2. The summed E-state index contributed by atoms with van der Waals surface area (Å²) >= 11 is 13.6. The van der Waals surface area contributed by atoms with Crippen LogP contribution >= 0.6 is 23.2 Å². The van der Waals surface area contributed by atoms with Gasteiger partial charge < -0.3 is 34.6 Å². The monoisotopic (exact) mass is 718 g/mol. The average molecular weight is 720 g/mol. The van der Waals surface area contributed by atoms with Crippen molar-refractivity contribution in [3.05, 3.63) is 105 Å². The van der Waals surface area contributed by atoms with Crippen LogP contribution in [0.4, 0.5) is 0 Å². The topological polar surface area (TPSA) is 120 Å². The smallest absolute Gasteiger partial charge is 0.142 e. The van der Waals surface area contributed by atoms with Gasteiger partial charge in [0.05, 0.1) is 34.9 Å². The Morgan fingerprint density at radius 1 is 0.920 bits per heavy atom. The molecule has 264 valence electrons. The molecule has 0 bridgehead atoms. The van der Waals surface area contributed by atoms with Crippen LogP contribution in [0.1, 0.15) is 53.5 Å². The second kappa shape index (κ2) is 18.9. The number of nitrogens with one attached hydrogen (secondary N) is 1. The van der Waals surface area contributed by atoms with Crippen molar-refractivity contribution >= 4 is 23.2 Å². The van der Waals surface area contributed by atoms with E-state index in [0.29, 0.717) is 46.0 Å². The third-order valence-electron chi connectivity index (χ3n) is 8.75. The molecule has 4 aromatic rings. The number of benzene rings is 3. The lowest BCUT2D eigenvalue weighted by molar-refractivity contribution is 0.0941. The molecular weight excluding hydrogens is 675 g/mol. The lowest BCUT2D eigenvalue weighted by Gasteiger charge is -2.26. The first-order valence-electron chi connectivity index (χ1n) is 17.0. The van der Waals surface area contributed by atoms with Crippen molar-refractivity contribution in [2.24, 2.45) is 0 Å². The Kier molecular flexibility index (Phi) is 14.1. The Bertz CT molecular complexity index is 1760. The number of hydrogen-bond donors (Lipinski definition) is 3. The number of nitriles is 1. The summed E-state index contributed by atoms with van der Waals surface area (Å²) in [6, 6.07) is 19.2. The summed E-state index contributed by atoms with van der Waals surface area (Å²) in [4.78, 5) is 6.62. The molecule has 11 heteroatoms. The largest absolute Gasteiger partial charge is 0.492 e. The van der Waals surface area contributed by atoms with Crippen LogP contribution in [0.5, 0.6) is 17.2 Å². The van der Waals surface area contributed by atoms with Crippen LogP contribution in [-0.4, -0.2) is 65.6 Å². The van der Waals surface area contributed by atoms with E-state index in [1.54, 1.807) is 24.4 Å². The van der Waals surface area contributed by atoms with Gasteiger partial charge in [-0.25, -0.2) is 0 Å². The molecule has 9 nitrogen and oxygen atoms in total. The molecule has 1 aliphatic rings. The van der Waals surface area contributed by atoms with Crippen molar-refractivity contribution < 1.29 is 24.4 Å². The molecule has 50 heavy (non-hydrogen) atoms. The predicted octanol–water partition coefficient (Wildman–Crippen LogP) is 7.09. The third-order valence-corrected chi connectivity index (χ3v) is 9.43. The van der Waals surface area contributed by atoms with Gasteiger partial charge in [0.25, 0.3) is 0 Å². The van der Waals surface area contributed by atoms with Gasteiger partial charge in [0.1, 0.15) is 36.5 Å². The summed E-state index contributed by atoms with van der Waals surface area (Å²) in [6.07, 6.45) is 7.09. The van der Waals surface area contributed by atoms with Crippen LogP contribution in [0.15, 0.2) is 67.0 Å². The lowest BCUT2D eigenvalue weighted by Crippen LogP contribution is -2.31. The highest BCUT2D eigenvalue weighted by atomic mass is 35.5. The molecule has 1 atom stereocenters. The second-order valence-corrected chi connectivity index (χ2v) is 13.2. The number of halogens is 2. The van der Waals surface area contributed by atoms with Crippen LogP contribution in [0, 0.1) is 18.3 Å². The highest BCUT2D eigenvalue weighted by Crippen LogP contribution is 2.38. The Morgan fingerprint density at radius 3 is 2.50 bits per heavy atom. The number of rotatable bonds is 17. The summed E-state index contributed by atoms with van der Waals surface area (Å²) in [5.74, 6) is 1.63. The fourth-order valence-electron chi connectivity index (χ4n) is 5.96. The van der Waals surface area contributed by atoms with Crippen LogP contribution in [0.25, 0.3) is 11.1 Å². The number of hydrogen-bond acceptors (Lipinski definition) is 9. The molecule has 0 amide bonds. The van der Waals surface area contributed by atoms with Crippen molar-refractivity contribution in [3.8, 4) is 34.4 Å². The first-order chi connectivity index (χ1) is 24.4. The molecule has 1 fully saturated rings. The predicted molar refractivity (Wildman–Crippen MR) is 196 cm³/mol. The minimum absolute atomic E-state index is 0.166. The number of likely N-dealkylation sites (tertiary alicyclic amines) is 1. The van der Waals surface area contributed by atoms with E-state index in [-0.39, 0.29) is 26.4 Å². The maximum atomic E-state index is 9.77. The SMILES string of the molecule is Cc1c(COc2cc(OCc3cncc(C#N)c3)c(CNCC(O)CO)cc2Cl)cccc1-c1cccc(OCCCN2CCCCC2)c1Cl. The zero-order valence-corrected chi connectivity index (χ0v) is 29.8. The Morgan fingerprint density at radius 2 is 1.70 bits per heavy atom. The first kappa shape index (κ1) is 37.4. The molecule has 0 spiro atoms. The van der Waals surface area contributed by atoms with E-state index in [1.807, 2.05) is 43.3 Å². The van der Waals surface area contributed by atoms with Gasteiger partial charge in [0, 0.05) is 54.8 Å². The summed E-state index contributed by atoms with van der Waals surface area (Å²) in [7, 11) is 0. The zero-order valence-electron chi connectivity index (χ0n) is 28.3. The van der Waals surface area contributed by atoms with Crippen molar-refractivity contribution in [1.29, 1.82) is 5.26 Å². The van der Waals surface area contributed by atoms with Gasteiger partial charge in [-0.2, -0.15) is 5.26 Å². The number of nitrogens with zero attached hydrogens (tertiary/aromatic N) is 3. The minimum atomic E-state index is -0.893. The maximum Gasteiger partial charge on any atom is 0.142 e. The molecule has 3 N–H and O–H groups in total. The summed E-state index contributed by atoms with van der Waals surface area (Å²) in [6.45, 7) is 6.63. The van der Waals surface area contributed by atoms with Crippen LogP contribution < -0.4 is 19.5 Å². The number of aliphatic hydroxyl groups is 2. The van der Waals surface area contributed by atoms with E-state index in [1.165, 1.54) is 38.5 Å². The number of aromatic nitrogens is 1. The van der Waals surface area contributed by atoms with Gasteiger partial charge in [0.15, 0.2) is 0 Å². The number of pyridine rings is 1. The summed E-state index contributed by atoms with van der Waals surface area (Å²) < 4.78 is 18.6. The minimum Gasteiger partial charge on any atom is -0.492 e. The highest BCUT2D eigenvalue weighted by Gasteiger charge is 2.17. The van der Waals surface area contributed by atoms with E-state index >= 15 is 0 Å². The number of piperidine rings is 1. The molecule has 1 unspecified atom stereocenters. The molecule has 1 aliphatic heterocycles. The second-order valence-electron chi connectivity index (χ2n) is 12.4. The molecule has 0 radical (unpaired) electrons. The summed E-state index contributed by atoms with van der Waals surface area (Å²) in [5, 5.41) is 32.3. The van der Waals surface area contributed by atoms with Gasteiger partial charge in [-0.3, -0.25) is 4.98 Å². The fourth-order valence-corrected chi connectivity index (χ4v) is 6.48. The number of ether oxygens (including phenoxy) is 3. The maximum absolute atomic E-state index is 9.77. The van der Waals surface area contributed by atoms with E-state index in [9.17, 15) is 15.5 Å². The quantitative estimate of drug-likeness (QED) is 0.0983. The first-order valence-corrected chi connectivity index (χ1v) is 17.8. The van der Waals surface area contributed by atoms with Crippen molar-refractivity contribution in [3.63, 3.8) is 0 Å². The van der Waals surface area contributed by atoms with Crippen molar-refractivity contribution in [1.82, 2.24) is 15.2 Å². The molecule has 5 rings (SSSR count). The Labute approximate surface area is 304 Å². The van der Waals surface area contributed by atoms with Crippen molar-refractivity contribution in [2.45, 2.75) is 58.5 Å². The van der Waals surface area contributed by atoms with Gasteiger partial charge in [-0.1, -0.05) is 60.0 Å². The fraction of sp³-hybridized carbons (Fsp3) is 0.385. The van der Waals surface area contributed by atoms with Crippen LogP contribution in [-0.2, 0) is 19.8 Å². The Balaban J connectivity index is 1.29. The van der Waals surface area contributed by atoms with E-state index in [2.05, 4.69) is 21.3 Å². The molecule has 1 saturated heterocycles. The highest BCUT2D eigenvalue weighted by molar-refractivity contribution is 6.35. The molecule has 2 heterocycles. The van der Waals surface area contributed by atoms with Crippen molar-refractivity contribution in [2.75, 3.05) is 39.4 Å². The van der Waals surface area contributed by atoms with Gasteiger partial charge in [-0.15, -0.1) is 0 Å². The molecule has 3 aromatic carbocycles. The van der Waals surface area contributed by atoms with Gasteiger partial charge >= 0.3 is 0 Å². The summed E-state index contributed by atoms with van der Waals surface area (Å²) in [5.41, 5.74) is 5.78. The van der Waals surface area contributed by atoms with Crippen LogP contribution in [0.2, 0.25) is 10.0 Å². The van der Waals surface area contributed by atoms with E-state index in [0.717, 1.165) is 46.3 Å². The molecule has 0 saturated carbocycles. The van der Waals surface area contributed by atoms with Gasteiger partial charge in [0.2, 0.25) is 0 Å². The van der Waals surface area contributed by atoms with Crippen LogP contribution in [0.3, 0.4) is 0 Å².